The second-order valence-electron chi connectivity index (χ2n) is 6.56. The number of rotatable bonds is 8. The van der Waals surface area contributed by atoms with E-state index in [1.807, 2.05) is 32.0 Å². The molecule has 154 valence electrons. The van der Waals surface area contributed by atoms with Crippen molar-refractivity contribution in [2.75, 3.05) is 20.8 Å². The van der Waals surface area contributed by atoms with E-state index in [-0.39, 0.29) is 4.90 Å². The van der Waals surface area contributed by atoms with Crippen LogP contribution in [0.2, 0.25) is 0 Å². The van der Waals surface area contributed by atoms with Crippen molar-refractivity contribution in [2.45, 2.75) is 25.2 Å². The van der Waals surface area contributed by atoms with Crippen molar-refractivity contribution >= 4 is 21.4 Å². The number of ether oxygens (including phenoxy) is 2. The van der Waals surface area contributed by atoms with E-state index in [1.54, 1.807) is 49.8 Å². The van der Waals surface area contributed by atoms with Gasteiger partial charge in [0.25, 0.3) is 0 Å². The Hall–Kier alpha value is -2.42. The Morgan fingerprint density at radius 1 is 1.00 bits per heavy atom. The predicted octanol–water partition coefficient (Wildman–Crippen LogP) is 3.97. The molecular weight excluding hydrogens is 408 g/mol. The van der Waals surface area contributed by atoms with Gasteiger partial charge in [0.2, 0.25) is 10.0 Å². The third-order valence-electron chi connectivity index (χ3n) is 4.50. The van der Waals surface area contributed by atoms with Crippen LogP contribution in [0.25, 0.3) is 10.6 Å². The fraction of sp³-hybridized carbons (Fsp3) is 0.286. The minimum Gasteiger partial charge on any atom is -0.493 e. The summed E-state index contributed by atoms with van der Waals surface area (Å²) >= 11 is 1.55. The lowest BCUT2D eigenvalue weighted by atomic mass is 10.2. The smallest absolute Gasteiger partial charge is 0.240 e. The second kappa shape index (κ2) is 8.94. The quantitative estimate of drug-likeness (QED) is 0.583. The first kappa shape index (κ1) is 21.3. The molecule has 29 heavy (non-hydrogen) atoms. The second-order valence-corrected chi connectivity index (χ2v) is 9.41. The number of nitrogens with zero attached hydrogens (tertiary/aromatic N) is 1. The lowest BCUT2D eigenvalue weighted by Gasteiger charge is -2.08. The number of benzene rings is 2. The monoisotopic (exact) mass is 432 g/mol. The highest BCUT2D eigenvalue weighted by molar-refractivity contribution is 7.89. The third-order valence-corrected chi connectivity index (χ3v) is 7.24. The summed E-state index contributed by atoms with van der Waals surface area (Å²) in [6.07, 6.45) is 0.571. The van der Waals surface area contributed by atoms with E-state index in [0.29, 0.717) is 24.5 Å². The summed E-state index contributed by atoms with van der Waals surface area (Å²) < 4.78 is 38.2. The van der Waals surface area contributed by atoms with Crippen LogP contribution < -0.4 is 14.2 Å². The van der Waals surface area contributed by atoms with Crippen LogP contribution in [0.5, 0.6) is 11.5 Å². The highest BCUT2D eigenvalue weighted by Gasteiger charge is 2.15. The maximum Gasteiger partial charge on any atom is 0.240 e. The molecular formula is C21H24N2O4S2. The number of nitrogens with one attached hydrogen (secondary N) is 1. The zero-order chi connectivity index (χ0) is 21.0. The maximum absolute atomic E-state index is 12.4. The molecule has 1 heterocycles. The van der Waals surface area contributed by atoms with Crippen molar-refractivity contribution in [3.63, 3.8) is 0 Å². The lowest BCUT2D eigenvalue weighted by molar-refractivity contribution is 0.355. The molecule has 2 aromatic carbocycles. The van der Waals surface area contributed by atoms with Crippen LogP contribution in [0.1, 0.15) is 16.1 Å². The molecule has 0 radical (unpaired) electrons. The van der Waals surface area contributed by atoms with Crippen molar-refractivity contribution in [1.82, 2.24) is 9.71 Å². The Balaban J connectivity index is 1.70. The van der Waals surface area contributed by atoms with Gasteiger partial charge in [-0.05, 0) is 50.6 Å². The van der Waals surface area contributed by atoms with E-state index >= 15 is 0 Å². The summed E-state index contributed by atoms with van der Waals surface area (Å²) in [7, 11) is -0.323. The Morgan fingerprint density at radius 3 is 2.34 bits per heavy atom. The maximum atomic E-state index is 12.4. The van der Waals surface area contributed by atoms with Gasteiger partial charge in [0.15, 0.2) is 11.5 Å². The van der Waals surface area contributed by atoms with Crippen LogP contribution in [-0.2, 0) is 16.4 Å². The van der Waals surface area contributed by atoms with Gasteiger partial charge in [-0.3, -0.25) is 0 Å². The molecule has 0 aliphatic heterocycles. The van der Waals surface area contributed by atoms with Crippen LogP contribution in [0, 0.1) is 13.8 Å². The van der Waals surface area contributed by atoms with Gasteiger partial charge >= 0.3 is 0 Å². The number of thiazole rings is 1. The fourth-order valence-electron chi connectivity index (χ4n) is 2.85. The minimum absolute atomic E-state index is 0.273. The molecule has 0 spiro atoms. The number of hydrogen-bond acceptors (Lipinski definition) is 6. The van der Waals surface area contributed by atoms with Gasteiger partial charge in [0, 0.05) is 17.0 Å². The molecule has 0 amide bonds. The first-order chi connectivity index (χ1) is 13.8. The number of hydrogen-bond donors (Lipinski definition) is 1. The zero-order valence-corrected chi connectivity index (χ0v) is 18.5. The molecule has 0 unspecified atom stereocenters. The molecule has 1 aromatic heterocycles. The van der Waals surface area contributed by atoms with Crippen LogP contribution >= 0.6 is 11.3 Å². The third kappa shape index (κ3) is 4.95. The first-order valence-corrected chi connectivity index (χ1v) is 11.4. The van der Waals surface area contributed by atoms with Crippen LogP contribution in [0.15, 0.2) is 47.4 Å². The molecule has 0 fully saturated rings. The molecule has 0 atom stereocenters. The number of aryl methyl sites for hydroxylation is 2. The molecule has 3 aromatic rings. The number of sulfonamides is 1. The van der Waals surface area contributed by atoms with Crippen LogP contribution in [-0.4, -0.2) is 34.2 Å². The topological polar surface area (TPSA) is 77.5 Å². The fourth-order valence-corrected chi connectivity index (χ4v) is 4.94. The highest BCUT2D eigenvalue weighted by Crippen LogP contribution is 2.35. The van der Waals surface area contributed by atoms with Crippen LogP contribution in [0.3, 0.4) is 0 Å². The summed E-state index contributed by atoms with van der Waals surface area (Å²) in [5.74, 6) is 1.31. The van der Waals surface area contributed by atoms with Crippen molar-refractivity contribution in [1.29, 1.82) is 0 Å². The van der Waals surface area contributed by atoms with E-state index in [4.69, 9.17) is 9.47 Å². The molecule has 0 aliphatic carbocycles. The predicted molar refractivity (Wildman–Crippen MR) is 115 cm³/mol. The lowest BCUT2D eigenvalue weighted by Crippen LogP contribution is -2.25. The largest absolute Gasteiger partial charge is 0.493 e. The summed E-state index contributed by atoms with van der Waals surface area (Å²) in [6.45, 7) is 4.17. The van der Waals surface area contributed by atoms with E-state index < -0.39 is 10.0 Å². The number of aromatic nitrogens is 1. The number of methoxy groups -OCH3 is 2. The van der Waals surface area contributed by atoms with Crippen molar-refractivity contribution < 1.29 is 17.9 Å². The zero-order valence-electron chi connectivity index (χ0n) is 16.9. The van der Waals surface area contributed by atoms with Gasteiger partial charge in [-0.2, -0.15) is 0 Å². The van der Waals surface area contributed by atoms with Crippen molar-refractivity contribution in [3.05, 3.63) is 58.6 Å². The SMILES string of the molecule is COc1ccc(-c2nc(C)c(CCNS(=O)(=O)c3ccc(C)cc3)s2)cc1OC. The molecule has 0 aliphatic rings. The van der Waals surface area contributed by atoms with Gasteiger partial charge in [-0.1, -0.05) is 17.7 Å². The van der Waals surface area contributed by atoms with E-state index in [1.165, 1.54) is 0 Å². The minimum atomic E-state index is -3.52. The van der Waals surface area contributed by atoms with Crippen molar-refractivity contribution in [3.8, 4) is 22.1 Å². The average Bonchev–Trinajstić information content (AvgIpc) is 3.08. The molecule has 8 heteroatoms. The van der Waals surface area contributed by atoms with E-state index in [0.717, 1.165) is 26.7 Å². The van der Waals surface area contributed by atoms with Gasteiger partial charge in [-0.15, -0.1) is 11.3 Å². The molecule has 0 saturated carbocycles. The first-order valence-electron chi connectivity index (χ1n) is 9.09. The van der Waals surface area contributed by atoms with Gasteiger partial charge in [0.1, 0.15) is 5.01 Å². The Bertz CT molecular complexity index is 1090. The molecule has 1 N–H and O–H groups in total. The summed E-state index contributed by atoms with van der Waals surface area (Å²) in [4.78, 5) is 5.96. The molecule has 0 bridgehead atoms. The summed E-state index contributed by atoms with van der Waals surface area (Å²) in [5.41, 5.74) is 2.85. The van der Waals surface area contributed by atoms with E-state index in [9.17, 15) is 8.42 Å². The van der Waals surface area contributed by atoms with E-state index in [2.05, 4.69) is 9.71 Å². The molecule has 3 rings (SSSR count). The summed E-state index contributed by atoms with van der Waals surface area (Å²) in [5, 5.41) is 0.861. The Kier molecular flexibility index (Phi) is 6.56. The van der Waals surface area contributed by atoms with Gasteiger partial charge < -0.3 is 9.47 Å². The molecule has 0 saturated heterocycles. The average molecular weight is 433 g/mol. The van der Waals surface area contributed by atoms with Gasteiger partial charge in [-0.25, -0.2) is 18.1 Å². The Labute approximate surface area is 175 Å². The highest BCUT2D eigenvalue weighted by atomic mass is 32.2. The summed E-state index contributed by atoms with van der Waals surface area (Å²) in [6, 6.07) is 12.5. The molecule has 6 nitrogen and oxygen atoms in total. The normalized spacial score (nSPS) is 11.4. The standard InChI is InChI=1S/C21H24N2O4S2/c1-14-5-8-17(9-6-14)29(24,25)22-12-11-20-15(2)23-21(28-20)16-7-10-18(26-3)19(13-16)27-4/h5-10,13,22H,11-12H2,1-4H3. The van der Waals surface area contributed by atoms with Crippen LogP contribution in [0.4, 0.5) is 0 Å². The van der Waals surface area contributed by atoms with Crippen molar-refractivity contribution in [2.24, 2.45) is 0 Å². The van der Waals surface area contributed by atoms with Gasteiger partial charge in [0.05, 0.1) is 24.8 Å². The Morgan fingerprint density at radius 2 is 1.69 bits per heavy atom.